The molecule has 3 aromatic rings. The Balaban J connectivity index is 1.69. The molecule has 2 aromatic heterocycles. The lowest BCUT2D eigenvalue weighted by Crippen LogP contribution is -2.18. The van der Waals surface area contributed by atoms with Crippen LogP contribution in [0.5, 0.6) is 0 Å². The number of nitrogens with zero attached hydrogens (tertiary/aromatic N) is 1. The lowest BCUT2D eigenvalue weighted by molar-refractivity contribution is 0.0695. The van der Waals surface area contributed by atoms with Crippen LogP contribution in [0.2, 0.25) is 0 Å². The molecule has 0 aliphatic carbocycles. The first-order valence-electron chi connectivity index (χ1n) is 8.30. The summed E-state index contributed by atoms with van der Waals surface area (Å²) in [6.07, 6.45) is 3.59. The largest absolute Gasteiger partial charge is 0.477 e. The van der Waals surface area contributed by atoms with Gasteiger partial charge < -0.3 is 10.1 Å². The van der Waals surface area contributed by atoms with Gasteiger partial charge in [-0.1, -0.05) is 12.1 Å². The molecule has 8 nitrogen and oxygen atoms in total. The molecule has 9 heteroatoms. The van der Waals surface area contributed by atoms with Gasteiger partial charge in [-0.15, -0.1) is 0 Å². The van der Waals surface area contributed by atoms with Gasteiger partial charge in [0.25, 0.3) is 5.56 Å². The molecule has 0 amide bonds. The Hall–Kier alpha value is -3.46. The van der Waals surface area contributed by atoms with Crippen molar-refractivity contribution in [3.63, 3.8) is 0 Å². The van der Waals surface area contributed by atoms with Crippen LogP contribution in [0.3, 0.4) is 0 Å². The molecular weight excluding hydrogens is 382 g/mol. The molecule has 0 aliphatic heterocycles. The summed E-state index contributed by atoms with van der Waals surface area (Å²) in [6, 6.07) is 12.6. The van der Waals surface area contributed by atoms with Gasteiger partial charge in [0.05, 0.1) is 5.75 Å². The van der Waals surface area contributed by atoms with E-state index in [0.717, 1.165) is 5.56 Å². The number of nitrogens with one attached hydrogen (secondary N) is 2. The van der Waals surface area contributed by atoms with Crippen molar-refractivity contribution in [1.82, 2.24) is 9.97 Å². The van der Waals surface area contributed by atoms with E-state index in [1.54, 1.807) is 48.8 Å². The van der Waals surface area contributed by atoms with Crippen molar-refractivity contribution in [2.45, 2.75) is 6.42 Å². The minimum absolute atomic E-state index is 0.0667. The molecule has 0 atom stereocenters. The number of rotatable bonds is 7. The predicted octanol–water partition coefficient (Wildman–Crippen LogP) is 2.12. The van der Waals surface area contributed by atoms with E-state index in [4.69, 9.17) is 5.11 Å². The summed E-state index contributed by atoms with van der Waals surface area (Å²) in [7, 11) is -3.53. The number of carboxylic acids is 1. The topological polar surface area (TPSA) is 129 Å². The first-order chi connectivity index (χ1) is 13.3. The maximum atomic E-state index is 12.2. The van der Waals surface area contributed by atoms with Crippen molar-refractivity contribution >= 4 is 21.7 Å². The highest BCUT2D eigenvalue weighted by Gasteiger charge is 2.12. The van der Waals surface area contributed by atoms with Crippen molar-refractivity contribution in [2.75, 3.05) is 10.5 Å². The van der Waals surface area contributed by atoms with Crippen LogP contribution in [0, 0.1) is 0 Å². The quantitative estimate of drug-likeness (QED) is 0.558. The van der Waals surface area contributed by atoms with Crippen molar-refractivity contribution in [3.8, 4) is 11.3 Å². The molecule has 144 valence electrons. The molecule has 0 fully saturated rings. The zero-order valence-electron chi connectivity index (χ0n) is 14.6. The van der Waals surface area contributed by atoms with Crippen molar-refractivity contribution in [2.24, 2.45) is 0 Å². The molecule has 0 unspecified atom stereocenters. The maximum Gasteiger partial charge on any atom is 0.341 e. The van der Waals surface area contributed by atoms with Crippen LogP contribution in [-0.2, 0) is 16.4 Å². The number of sulfonamides is 1. The molecule has 1 aromatic carbocycles. The minimum atomic E-state index is -3.53. The molecule has 0 aliphatic rings. The minimum Gasteiger partial charge on any atom is -0.477 e. The van der Waals surface area contributed by atoms with Gasteiger partial charge in [-0.3, -0.25) is 14.5 Å². The van der Waals surface area contributed by atoms with E-state index in [9.17, 15) is 18.0 Å². The molecule has 0 radical (unpaired) electrons. The number of benzene rings is 1. The monoisotopic (exact) mass is 399 g/mol. The van der Waals surface area contributed by atoms with E-state index in [0.29, 0.717) is 23.4 Å². The number of carbonyl (C=O) groups is 1. The molecule has 2 heterocycles. The first kappa shape index (κ1) is 19.3. The highest BCUT2D eigenvalue weighted by Crippen LogP contribution is 2.19. The van der Waals surface area contributed by atoms with Gasteiger partial charge in [0.2, 0.25) is 10.0 Å². The van der Waals surface area contributed by atoms with E-state index in [2.05, 4.69) is 14.7 Å². The molecule has 0 spiro atoms. The zero-order chi connectivity index (χ0) is 20.1. The van der Waals surface area contributed by atoms with Crippen molar-refractivity contribution in [1.29, 1.82) is 0 Å². The van der Waals surface area contributed by atoms with Gasteiger partial charge in [0.15, 0.2) is 0 Å². The van der Waals surface area contributed by atoms with Crippen LogP contribution in [-0.4, -0.2) is 35.2 Å². The van der Waals surface area contributed by atoms with E-state index in [-0.39, 0.29) is 11.3 Å². The van der Waals surface area contributed by atoms with Crippen molar-refractivity contribution in [3.05, 3.63) is 82.4 Å². The zero-order valence-corrected chi connectivity index (χ0v) is 15.4. The molecule has 0 saturated carbocycles. The van der Waals surface area contributed by atoms with Crippen LogP contribution < -0.4 is 10.3 Å². The van der Waals surface area contributed by atoms with Gasteiger partial charge in [-0.05, 0) is 53.9 Å². The predicted molar refractivity (Wildman–Crippen MR) is 105 cm³/mol. The Morgan fingerprint density at radius 3 is 2.32 bits per heavy atom. The Morgan fingerprint density at radius 1 is 1.04 bits per heavy atom. The lowest BCUT2D eigenvalue weighted by Gasteiger charge is -2.09. The maximum absolute atomic E-state index is 12.2. The van der Waals surface area contributed by atoms with Crippen LogP contribution in [0.25, 0.3) is 11.3 Å². The Morgan fingerprint density at radius 2 is 1.71 bits per heavy atom. The molecule has 0 saturated heterocycles. The summed E-state index contributed by atoms with van der Waals surface area (Å²) in [6.45, 7) is 0. The van der Waals surface area contributed by atoms with E-state index in [1.165, 1.54) is 12.1 Å². The smallest absolute Gasteiger partial charge is 0.341 e. The van der Waals surface area contributed by atoms with E-state index < -0.39 is 21.6 Å². The van der Waals surface area contributed by atoms with Gasteiger partial charge in [0.1, 0.15) is 5.56 Å². The number of carboxylic acid groups (broad SMARTS) is 1. The fourth-order valence-electron chi connectivity index (χ4n) is 2.56. The van der Waals surface area contributed by atoms with Crippen LogP contribution in [0.1, 0.15) is 15.9 Å². The molecule has 0 bridgehead atoms. The van der Waals surface area contributed by atoms with Gasteiger partial charge in [0, 0.05) is 23.8 Å². The Kier molecular flexibility index (Phi) is 5.55. The third kappa shape index (κ3) is 4.83. The fourth-order valence-corrected chi connectivity index (χ4v) is 3.66. The Bertz CT molecular complexity index is 1140. The Labute approximate surface area is 161 Å². The second-order valence-corrected chi connectivity index (χ2v) is 7.87. The molecule has 28 heavy (non-hydrogen) atoms. The standard InChI is InChI=1S/C19H17N3O5S/c23-18-16(19(24)25)5-6-17(21-18)14-1-3-15(4-2-14)22-28(26,27)12-9-13-7-10-20-11-8-13/h1-8,10-11,22H,9,12H2,(H,21,23)(H,24,25). The van der Waals surface area contributed by atoms with Gasteiger partial charge in [-0.2, -0.15) is 0 Å². The highest BCUT2D eigenvalue weighted by molar-refractivity contribution is 7.92. The number of anilines is 1. The summed E-state index contributed by atoms with van der Waals surface area (Å²) in [5.74, 6) is -1.37. The number of aromatic carboxylic acids is 1. The van der Waals surface area contributed by atoms with E-state index >= 15 is 0 Å². The third-order valence-electron chi connectivity index (χ3n) is 4.02. The number of H-pyrrole nitrogens is 1. The number of aryl methyl sites for hydroxylation is 1. The van der Waals surface area contributed by atoms with Crippen LogP contribution in [0.4, 0.5) is 5.69 Å². The van der Waals surface area contributed by atoms with Crippen molar-refractivity contribution < 1.29 is 18.3 Å². The summed E-state index contributed by atoms with van der Waals surface area (Å²) in [5, 5.41) is 8.90. The number of pyridine rings is 2. The second-order valence-electron chi connectivity index (χ2n) is 6.02. The first-order valence-corrected chi connectivity index (χ1v) is 9.96. The number of aromatic amines is 1. The fraction of sp³-hybridized carbons (Fsp3) is 0.105. The normalized spacial score (nSPS) is 11.1. The summed E-state index contributed by atoms with van der Waals surface area (Å²) in [5.41, 5.74) is 1.27. The number of aromatic nitrogens is 2. The molecule has 3 rings (SSSR count). The number of hydrogen-bond donors (Lipinski definition) is 3. The van der Waals surface area contributed by atoms with Crippen LogP contribution in [0.15, 0.2) is 65.7 Å². The SMILES string of the molecule is O=C(O)c1ccc(-c2ccc(NS(=O)(=O)CCc3ccncc3)cc2)[nH]c1=O. The number of hydrogen-bond acceptors (Lipinski definition) is 5. The van der Waals surface area contributed by atoms with Crippen LogP contribution >= 0.6 is 0 Å². The van der Waals surface area contributed by atoms with Gasteiger partial charge in [-0.25, -0.2) is 13.2 Å². The summed E-state index contributed by atoms with van der Waals surface area (Å²) in [4.78, 5) is 29.1. The molecular formula is C19H17N3O5S. The molecule has 3 N–H and O–H groups in total. The average molecular weight is 399 g/mol. The lowest BCUT2D eigenvalue weighted by atomic mass is 10.1. The highest BCUT2D eigenvalue weighted by atomic mass is 32.2. The third-order valence-corrected chi connectivity index (χ3v) is 5.31. The average Bonchev–Trinajstić information content (AvgIpc) is 2.67. The van der Waals surface area contributed by atoms with E-state index in [1.807, 2.05) is 0 Å². The second kappa shape index (κ2) is 8.05. The summed E-state index contributed by atoms with van der Waals surface area (Å²) >= 11 is 0. The summed E-state index contributed by atoms with van der Waals surface area (Å²) < 4.78 is 27.0. The van der Waals surface area contributed by atoms with Gasteiger partial charge >= 0.3 is 5.97 Å².